The highest BCUT2D eigenvalue weighted by Crippen LogP contribution is 2.20. The van der Waals surface area contributed by atoms with Gasteiger partial charge < -0.3 is 25.3 Å². The zero-order valence-corrected chi connectivity index (χ0v) is 21.1. The van der Waals surface area contributed by atoms with E-state index in [9.17, 15) is 14.4 Å². The molecule has 0 saturated carbocycles. The van der Waals surface area contributed by atoms with Gasteiger partial charge in [-0.15, -0.1) is 12.4 Å². The Morgan fingerprint density at radius 3 is 2.03 bits per heavy atom. The summed E-state index contributed by atoms with van der Waals surface area (Å²) in [5.74, 6) is -1.09. The van der Waals surface area contributed by atoms with Crippen molar-refractivity contribution in [2.24, 2.45) is 5.73 Å². The van der Waals surface area contributed by atoms with Crippen molar-refractivity contribution >= 4 is 41.9 Å². The molecule has 8 nitrogen and oxygen atoms in total. The third kappa shape index (κ3) is 9.21. The molecule has 0 spiro atoms. The minimum absolute atomic E-state index is 0. The van der Waals surface area contributed by atoms with Crippen molar-refractivity contribution in [3.63, 3.8) is 0 Å². The van der Waals surface area contributed by atoms with Crippen LogP contribution in [0.5, 0.6) is 5.75 Å². The van der Waals surface area contributed by atoms with Crippen molar-refractivity contribution in [1.29, 1.82) is 0 Å². The van der Waals surface area contributed by atoms with E-state index >= 15 is 0 Å². The third-order valence-electron chi connectivity index (χ3n) is 4.50. The van der Waals surface area contributed by atoms with Crippen LogP contribution in [0.2, 0.25) is 5.02 Å². The molecule has 0 aromatic heterocycles. The third-order valence-corrected chi connectivity index (χ3v) is 4.75. The average Bonchev–Trinajstić information content (AvgIpc) is 2.74. The summed E-state index contributed by atoms with van der Waals surface area (Å²) in [5.41, 5.74) is 4.64. The van der Waals surface area contributed by atoms with Crippen molar-refractivity contribution in [3.8, 4) is 5.75 Å². The van der Waals surface area contributed by atoms with Gasteiger partial charge in [-0.1, -0.05) is 23.7 Å². The molecule has 0 aliphatic rings. The zero-order valence-electron chi connectivity index (χ0n) is 19.6. The van der Waals surface area contributed by atoms with Gasteiger partial charge in [0.1, 0.15) is 11.3 Å². The SMILES string of the molecule is CC(C)(N)C(=O)OCOC(=O)C(C)(C)Oc1ccc(CCNC(=O)c2ccc(Cl)cc2)cc1.Cl. The lowest BCUT2D eigenvalue weighted by Crippen LogP contribution is -2.44. The number of benzene rings is 2. The summed E-state index contributed by atoms with van der Waals surface area (Å²) in [7, 11) is 0. The maximum absolute atomic E-state index is 12.3. The molecule has 0 aliphatic carbocycles. The number of carbonyl (C=O) groups is 3. The predicted molar refractivity (Wildman–Crippen MR) is 131 cm³/mol. The summed E-state index contributed by atoms with van der Waals surface area (Å²) in [6, 6.07) is 13.8. The van der Waals surface area contributed by atoms with E-state index in [-0.39, 0.29) is 18.3 Å². The van der Waals surface area contributed by atoms with Crippen molar-refractivity contribution in [3.05, 3.63) is 64.7 Å². The number of rotatable bonds is 10. The first-order chi connectivity index (χ1) is 15.4. The van der Waals surface area contributed by atoms with Crippen LogP contribution in [0.15, 0.2) is 48.5 Å². The molecule has 0 bridgehead atoms. The first-order valence-electron chi connectivity index (χ1n) is 10.3. The van der Waals surface area contributed by atoms with Crippen LogP contribution in [-0.2, 0) is 25.5 Å². The summed E-state index contributed by atoms with van der Waals surface area (Å²) in [6.45, 7) is 5.97. The first kappa shape index (κ1) is 29.2. The highest BCUT2D eigenvalue weighted by atomic mass is 35.5. The largest absolute Gasteiger partial charge is 0.476 e. The molecule has 0 heterocycles. The minimum atomic E-state index is -1.31. The molecule has 0 aliphatic heterocycles. The molecule has 0 atom stereocenters. The van der Waals surface area contributed by atoms with Gasteiger partial charge >= 0.3 is 11.9 Å². The second-order valence-corrected chi connectivity index (χ2v) is 8.91. The zero-order chi connectivity index (χ0) is 24.6. The number of nitrogens with two attached hydrogens (primary N) is 1. The topological polar surface area (TPSA) is 117 Å². The Bertz CT molecular complexity index is 970. The molecule has 2 rings (SSSR count). The number of carbonyl (C=O) groups excluding carboxylic acids is 3. The number of nitrogens with one attached hydrogen (secondary N) is 1. The van der Waals surface area contributed by atoms with Gasteiger partial charge in [0, 0.05) is 17.1 Å². The first-order valence-corrected chi connectivity index (χ1v) is 10.7. The van der Waals surface area contributed by atoms with Crippen LogP contribution in [-0.4, -0.2) is 42.3 Å². The van der Waals surface area contributed by atoms with E-state index in [1.807, 2.05) is 12.1 Å². The Labute approximate surface area is 210 Å². The monoisotopic (exact) mass is 512 g/mol. The van der Waals surface area contributed by atoms with Crippen LogP contribution in [0.4, 0.5) is 0 Å². The molecule has 186 valence electrons. The van der Waals surface area contributed by atoms with Gasteiger partial charge in [-0.2, -0.15) is 0 Å². The van der Waals surface area contributed by atoms with Crippen molar-refractivity contribution in [2.45, 2.75) is 45.3 Å². The lowest BCUT2D eigenvalue weighted by atomic mass is 10.1. The van der Waals surface area contributed by atoms with Gasteiger partial charge in [-0.05, 0) is 76.1 Å². The molecule has 1 amide bonds. The van der Waals surface area contributed by atoms with E-state index in [1.54, 1.807) is 50.2 Å². The molecule has 2 aromatic carbocycles. The highest BCUT2D eigenvalue weighted by Gasteiger charge is 2.33. The number of esters is 2. The second-order valence-electron chi connectivity index (χ2n) is 8.47. The fourth-order valence-electron chi connectivity index (χ4n) is 2.58. The summed E-state index contributed by atoms with van der Waals surface area (Å²) in [4.78, 5) is 36.0. The Kier molecular flexibility index (Phi) is 10.8. The molecule has 0 saturated heterocycles. The van der Waals surface area contributed by atoms with Crippen LogP contribution in [0.3, 0.4) is 0 Å². The van der Waals surface area contributed by atoms with Crippen LogP contribution in [0.25, 0.3) is 0 Å². The predicted octanol–water partition coefficient (Wildman–Crippen LogP) is 3.67. The average molecular weight is 513 g/mol. The van der Waals surface area contributed by atoms with Crippen molar-refractivity contribution in [2.75, 3.05) is 13.3 Å². The standard InChI is InChI=1S/C24H29ClN2O6.ClH/c1-23(2,26)21(29)31-15-32-22(30)24(3,4)33-19-11-5-16(6-12-19)13-14-27-20(28)17-7-9-18(25)10-8-17;/h5-12H,13-15,26H2,1-4H3,(H,27,28);1H. The molecule has 10 heteroatoms. The van der Waals surface area contributed by atoms with Crippen LogP contribution < -0.4 is 15.8 Å². The van der Waals surface area contributed by atoms with Gasteiger partial charge in [0.05, 0.1) is 0 Å². The number of hydrogen-bond acceptors (Lipinski definition) is 7. The summed E-state index contributed by atoms with van der Waals surface area (Å²) in [5, 5.41) is 3.43. The van der Waals surface area contributed by atoms with Gasteiger partial charge in [-0.3, -0.25) is 4.79 Å². The summed E-state index contributed by atoms with van der Waals surface area (Å²) >= 11 is 5.83. The van der Waals surface area contributed by atoms with Gasteiger partial charge in [0.2, 0.25) is 6.79 Å². The van der Waals surface area contributed by atoms with Crippen LogP contribution >= 0.6 is 24.0 Å². The lowest BCUT2D eigenvalue weighted by Gasteiger charge is -2.24. The molecule has 0 unspecified atom stereocenters. The Balaban J connectivity index is 0.00000578. The molecule has 34 heavy (non-hydrogen) atoms. The van der Waals surface area contributed by atoms with Crippen molar-refractivity contribution in [1.82, 2.24) is 5.32 Å². The molecule has 2 aromatic rings. The van der Waals surface area contributed by atoms with E-state index in [4.69, 9.17) is 31.5 Å². The van der Waals surface area contributed by atoms with E-state index < -0.39 is 29.9 Å². The van der Waals surface area contributed by atoms with Gasteiger partial charge in [0.25, 0.3) is 5.91 Å². The van der Waals surface area contributed by atoms with E-state index in [0.717, 1.165) is 5.56 Å². The maximum atomic E-state index is 12.3. The van der Waals surface area contributed by atoms with Crippen molar-refractivity contribution < 1.29 is 28.6 Å². The molecule has 0 fully saturated rings. The van der Waals surface area contributed by atoms with Gasteiger partial charge in [0.15, 0.2) is 5.60 Å². The number of ether oxygens (including phenoxy) is 3. The van der Waals surface area contributed by atoms with E-state index in [0.29, 0.717) is 29.3 Å². The Morgan fingerprint density at radius 1 is 0.912 bits per heavy atom. The second kappa shape index (κ2) is 12.6. The number of halogens is 2. The van der Waals surface area contributed by atoms with E-state index in [1.165, 1.54) is 13.8 Å². The van der Waals surface area contributed by atoms with Crippen LogP contribution in [0.1, 0.15) is 43.6 Å². The number of hydrogen-bond donors (Lipinski definition) is 2. The fourth-order valence-corrected chi connectivity index (χ4v) is 2.71. The van der Waals surface area contributed by atoms with Gasteiger partial charge in [-0.25, -0.2) is 9.59 Å². The molecule has 0 radical (unpaired) electrons. The van der Waals surface area contributed by atoms with Crippen LogP contribution in [0, 0.1) is 0 Å². The minimum Gasteiger partial charge on any atom is -0.476 e. The maximum Gasteiger partial charge on any atom is 0.352 e. The Morgan fingerprint density at radius 2 is 1.47 bits per heavy atom. The fraction of sp³-hybridized carbons (Fsp3) is 0.375. The molecule has 3 N–H and O–H groups in total. The molecular weight excluding hydrogens is 483 g/mol. The lowest BCUT2D eigenvalue weighted by molar-refractivity contribution is -0.179. The summed E-state index contributed by atoms with van der Waals surface area (Å²) < 4.78 is 15.5. The number of amides is 1. The molecular formula is C24H30Cl2N2O6. The quantitative estimate of drug-likeness (QED) is 0.368. The summed E-state index contributed by atoms with van der Waals surface area (Å²) in [6.07, 6.45) is 0.619. The normalized spacial score (nSPS) is 11.1. The Hall–Kier alpha value is -2.81. The smallest absolute Gasteiger partial charge is 0.352 e. The van der Waals surface area contributed by atoms with E-state index in [2.05, 4.69) is 5.32 Å². The highest BCUT2D eigenvalue weighted by molar-refractivity contribution is 6.30.